The molecule has 1 fully saturated rings. The third kappa shape index (κ3) is 7.77. The van der Waals surface area contributed by atoms with Gasteiger partial charge in [0.05, 0.1) is 19.6 Å². The molecule has 2 amide bonds. The normalized spacial score (nSPS) is 14.7. The fraction of sp³-hybridized carbons (Fsp3) is 0.333. The lowest BCUT2D eigenvalue weighted by molar-refractivity contribution is -0.140. The Labute approximate surface area is 213 Å². The first kappa shape index (κ1) is 25.6. The SMILES string of the molecule is O=C(NCCN1CCOCC1)[C@H](Cc1ccccc1)N(Cc1ccccc1)C(=O)Cc1ccccc1. The zero-order valence-electron chi connectivity index (χ0n) is 20.7. The van der Waals surface area contributed by atoms with Crippen molar-refractivity contribution in [3.63, 3.8) is 0 Å². The second-order valence-corrected chi connectivity index (χ2v) is 9.12. The van der Waals surface area contributed by atoms with E-state index in [1.807, 2.05) is 91.0 Å². The Morgan fingerprint density at radius 3 is 1.97 bits per heavy atom. The van der Waals surface area contributed by atoms with E-state index in [0.29, 0.717) is 19.5 Å². The van der Waals surface area contributed by atoms with Gasteiger partial charge < -0.3 is 15.0 Å². The summed E-state index contributed by atoms with van der Waals surface area (Å²) in [7, 11) is 0. The molecule has 1 heterocycles. The Bertz CT molecular complexity index is 1070. The number of hydrogen-bond donors (Lipinski definition) is 1. The van der Waals surface area contributed by atoms with Gasteiger partial charge in [0.25, 0.3) is 0 Å². The summed E-state index contributed by atoms with van der Waals surface area (Å²) >= 11 is 0. The van der Waals surface area contributed by atoms with E-state index in [-0.39, 0.29) is 18.2 Å². The van der Waals surface area contributed by atoms with Gasteiger partial charge in [-0.2, -0.15) is 0 Å². The lowest BCUT2D eigenvalue weighted by Gasteiger charge is -2.32. The number of morpholine rings is 1. The minimum Gasteiger partial charge on any atom is -0.379 e. The van der Waals surface area contributed by atoms with Gasteiger partial charge in [0.1, 0.15) is 6.04 Å². The topological polar surface area (TPSA) is 61.9 Å². The van der Waals surface area contributed by atoms with Crippen LogP contribution in [0.25, 0.3) is 0 Å². The molecule has 36 heavy (non-hydrogen) atoms. The van der Waals surface area contributed by atoms with E-state index in [9.17, 15) is 9.59 Å². The van der Waals surface area contributed by atoms with Gasteiger partial charge in [0.2, 0.25) is 11.8 Å². The third-order valence-corrected chi connectivity index (χ3v) is 6.50. The van der Waals surface area contributed by atoms with Gasteiger partial charge in [-0.15, -0.1) is 0 Å². The summed E-state index contributed by atoms with van der Waals surface area (Å²) in [5, 5.41) is 3.12. The maximum atomic E-state index is 13.7. The molecule has 0 aromatic heterocycles. The number of benzene rings is 3. The molecule has 0 saturated carbocycles. The standard InChI is InChI=1S/C30H35N3O3/c34-29(23-26-12-6-2-7-13-26)33(24-27-14-8-3-9-15-27)28(22-25-10-4-1-5-11-25)30(35)31-16-17-32-18-20-36-21-19-32/h1-15,28H,16-24H2,(H,31,35)/t28-/m0/s1. The predicted molar refractivity (Wildman–Crippen MR) is 141 cm³/mol. The van der Waals surface area contributed by atoms with E-state index in [1.54, 1.807) is 4.90 Å². The summed E-state index contributed by atoms with van der Waals surface area (Å²) in [6.07, 6.45) is 0.706. The van der Waals surface area contributed by atoms with Gasteiger partial charge >= 0.3 is 0 Å². The highest BCUT2D eigenvalue weighted by Crippen LogP contribution is 2.16. The number of carbonyl (C=O) groups excluding carboxylic acids is 2. The summed E-state index contributed by atoms with van der Waals surface area (Å²) in [4.78, 5) is 31.4. The van der Waals surface area contributed by atoms with Gasteiger partial charge in [-0.3, -0.25) is 14.5 Å². The number of ether oxygens (including phenoxy) is 1. The van der Waals surface area contributed by atoms with Crippen LogP contribution in [0, 0.1) is 0 Å². The second-order valence-electron chi connectivity index (χ2n) is 9.12. The van der Waals surface area contributed by atoms with Crippen molar-refractivity contribution in [2.45, 2.75) is 25.4 Å². The van der Waals surface area contributed by atoms with Crippen molar-refractivity contribution in [3.8, 4) is 0 Å². The molecule has 1 aliphatic rings. The van der Waals surface area contributed by atoms with Crippen molar-refractivity contribution in [2.75, 3.05) is 39.4 Å². The van der Waals surface area contributed by atoms with Crippen LogP contribution in [0.3, 0.4) is 0 Å². The molecular weight excluding hydrogens is 450 g/mol. The van der Waals surface area contributed by atoms with E-state index >= 15 is 0 Å². The minimum atomic E-state index is -0.617. The molecule has 1 saturated heterocycles. The quantitative estimate of drug-likeness (QED) is 0.453. The average Bonchev–Trinajstić information content (AvgIpc) is 2.93. The smallest absolute Gasteiger partial charge is 0.243 e. The average molecular weight is 486 g/mol. The van der Waals surface area contributed by atoms with Crippen molar-refractivity contribution < 1.29 is 14.3 Å². The van der Waals surface area contributed by atoms with Gasteiger partial charge in [0.15, 0.2) is 0 Å². The molecule has 3 aromatic rings. The Morgan fingerprint density at radius 2 is 1.36 bits per heavy atom. The summed E-state index contributed by atoms with van der Waals surface area (Å²) in [6, 6.07) is 28.9. The van der Waals surface area contributed by atoms with Crippen molar-refractivity contribution in [2.24, 2.45) is 0 Å². The lowest BCUT2D eigenvalue weighted by atomic mass is 10.0. The zero-order valence-corrected chi connectivity index (χ0v) is 20.7. The first-order valence-corrected chi connectivity index (χ1v) is 12.7. The van der Waals surface area contributed by atoms with Crippen LogP contribution < -0.4 is 5.32 Å². The van der Waals surface area contributed by atoms with Crippen molar-refractivity contribution in [1.29, 1.82) is 0 Å². The summed E-state index contributed by atoms with van der Waals surface area (Å²) in [5.41, 5.74) is 2.96. The first-order chi connectivity index (χ1) is 17.7. The highest BCUT2D eigenvalue weighted by atomic mass is 16.5. The Balaban J connectivity index is 1.55. The van der Waals surface area contributed by atoms with Crippen LogP contribution in [0.15, 0.2) is 91.0 Å². The minimum absolute atomic E-state index is 0.0608. The molecule has 1 atom stereocenters. The molecule has 4 rings (SSSR count). The van der Waals surface area contributed by atoms with Gasteiger partial charge in [-0.25, -0.2) is 0 Å². The van der Waals surface area contributed by atoms with Gasteiger partial charge in [-0.1, -0.05) is 91.0 Å². The van der Waals surface area contributed by atoms with E-state index in [1.165, 1.54) is 0 Å². The molecule has 0 radical (unpaired) electrons. The van der Waals surface area contributed by atoms with E-state index in [0.717, 1.165) is 49.5 Å². The van der Waals surface area contributed by atoms with Crippen molar-refractivity contribution in [1.82, 2.24) is 15.1 Å². The number of nitrogens with zero attached hydrogens (tertiary/aromatic N) is 2. The maximum absolute atomic E-state index is 13.7. The summed E-state index contributed by atoms with van der Waals surface area (Å²) in [6.45, 7) is 4.88. The second kappa shape index (κ2) is 13.6. The predicted octanol–water partition coefficient (Wildman–Crippen LogP) is 3.32. The van der Waals surface area contributed by atoms with Crippen LogP contribution in [0.1, 0.15) is 16.7 Å². The molecule has 0 unspecified atom stereocenters. The molecule has 3 aromatic carbocycles. The maximum Gasteiger partial charge on any atom is 0.243 e. The van der Waals surface area contributed by atoms with Crippen LogP contribution in [-0.4, -0.2) is 67.0 Å². The largest absolute Gasteiger partial charge is 0.379 e. The molecule has 1 aliphatic heterocycles. The Hall–Kier alpha value is -3.48. The number of carbonyl (C=O) groups is 2. The van der Waals surface area contributed by atoms with Crippen molar-refractivity contribution in [3.05, 3.63) is 108 Å². The van der Waals surface area contributed by atoms with Crippen LogP contribution in [0.2, 0.25) is 0 Å². The van der Waals surface area contributed by atoms with E-state index < -0.39 is 6.04 Å². The highest BCUT2D eigenvalue weighted by Gasteiger charge is 2.30. The Morgan fingerprint density at radius 1 is 0.806 bits per heavy atom. The van der Waals surface area contributed by atoms with Crippen LogP contribution in [0.5, 0.6) is 0 Å². The summed E-state index contributed by atoms with van der Waals surface area (Å²) < 4.78 is 5.42. The zero-order chi connectivity index (χ0) is 25.0. The van der Waals surface area contributed by atoms with Gasteiger partial charge in [0, 0.05) is 39.1 Å². The lowest BCUT2D eigenvalue weighted by Crippen LogP contribution is -2.52. The van der Waals surface area contributed by atoms with Gasteiger partial charge in [-0.05, 0) is 16.7 Å². The van der Waals surface area contributed by atoms with Crippen LogP contribution in [-0.2, 0) is 33.7 Å². The Kier molecular flexibility index (Phi) is 9.65. The molecule has 0 aliphatic carbocycles. The van der Waals surface area contributed by atoms with Crippen LogP contribution >= 0.6 is 0 Å². The summed E-state index contributed by atoms with van der Waals surface area (Å²) in [5.74, 6) is -0.182. The van der Waals surface area contributed by atoms with Crippen LogP contribution in [0.4, 0.5) is 0 Å². The third-order valence-electron chi connectivity index (χ3n) is 6.50. The molecule has 6 heteroatoms. The first-order valence-electron chi connectivity index (χ1n) is 12.7. The molecule has 0 bridgehead atoms. The number of hydrogen-bond acceptors (Lipinski definition) is 4. The highest BCUT2D eigenvalue weighted by molar-refractivity contribution is 5.88. The fourth-order valence-electron chi connectivity index (χ4n) is 4.49. The fourth-order valence-corrected chi connectivity index (χ4v) is 4.49. The van der Waals surface area contributed by atoms with Crippen molar-refractivity contribution >= 4 is 11.8 Å². The molecule has 188 valence electrons. The number of nitrogens with one attached hydrogen (secondary N) is 1. The van der Waals surface area contributed by atoms with E-state index in [4.69, 9.17) is 4.74 Å². The van der Waals surface area contributed by atoms with E-state index in [2.05, 4.69) is 10.2 Å². The number of amides is 2. The number of rotatable bonds is 11. The molecule has 1 N–H and O–H groups in total. The molecule has 6 nitrogen and oxygen atoms in total. The molecule has 0 spiro atoms. The monoisotopic (exact) mass is 485 g/mol. The molecular formula is C30H35N3O3.